The Morgan fingerprint density at radius 2 is 1.67 bits per heavy atom. The van der Waals surface area contributed by atoms with Crippen LogP contribution in [0.4, 0.5) is 5.69 Å². The SMILES string of the molecule is CCOc1ccc(-n2c3c(cc(C(=O)Nc4ccc(OC)cc4OC)c2=O)C(=O)CC(C)(C)C3)cc1. The number of Topliss-reactive ketones (excluding diaryl/α,β-unsaturated/α-hetero) is 1. The molecule has 1 aliphatic rings. The van der Waals surface area contributed by atoms with Crippen molar-refractivity contribution in [1.29, 1.82) is 0 Å². The largest absolute Gasteiger partial charge is 0.497 e. The van der Waals surface area contributed by atoms with Gasteiger partial charge in [-0.05, 0) is 61.2 Å². The van der Waals surface area contributed by atoms with E-state index < -0.39 is 11.5 Å². The van der Waals surface area contributed by atoms with E-state index in [1.54, 1.807) is 42.5 Å². The lowest BCUT2D eigenvalue weighted by molar-refractivity contribution is 0.0908. The highest BCUT2D eigenvalue weighted by Gasteiger charge is 2.35. The van der Waals surface area contributed by atoms with E-state index in [2.05, 4.69) is 5.32 Å². The highest BCUT2D eigenvalue weighted by molar-refractivity contribution is 6.07. The van der Waals surface area contributed by atoms with Crippen LogP contribution in [0.15, 0.2) is 53.3 Å². The van der Waals surface area contributed by atoms with Crippen LogP contribution in [0.3, 0.4) is 0 Å². The van der Waals surface area contributed by atoms with E-state index in [0.717, 1.165) is 0 Å². The monoisotopic (exact) mass is 490 g/mol. The van der Waals surface area contributed by atoms with Gasteiger partial charge in [-0.1, -0.05) is 13.8 Å². The fourth-order valence-corrected chi connectivity index (χ4v) is 4.50. The Bertz CT molecular complexity index is 1370. The number of rotatable bonds is 7. The molecule has 2 aromatic carbocycles. The smallest absolute Gasteiger partial charge is 0.268 e. The van der Waals surface area contributed by atoms with Gasteiger partial charge < -0.3 is 19.5 Å². The van der Waals surface area contributed by atoms with Crippen molar-refractivity contribution in [1.82, 2.24) is 4.57 Å². The number of methoxy groups -OCH3 is 2. The number of carbonyl (C=O) groups is 2. The van der Waals surface area contributed by atoms with Crippen LogP contribution < -0.4 is 25.1 Å². The van der Waals surface area contributed by atoms with Gasteiger partial charge in [-0.3, -0.25) is 19.0 Å². The Hall–Kier alpha value is -4.07. The topological polar surface area (TPSA) is 95.9 Å². The number of pyridine rings is 1. The van der Waals surface area contributed by atoms with Gasteiger partial charge in [0.1, 0.15) is 22.8 Å². The molecule has 0 spiro atoms. The van der Waals surface area contributed by atoms with E-state index in [4.69, 9.17) is 14.2 Å². The third-order valence-corrected chi connectivity index (χ3v) is 6.20. The molecule has 1 aliphatic carbocycles. The number of anilines is 1. The van der Waals surface area contributed by atoms with Crippen LogP contribution in [0, 0.1) is 5.41 Å². The highest BCUT2D eigenvalue weighted by atomic mass is 16.5. The molecule has 3 aromatic rings. The fraction of sp³-hybridized carbons (Fsp3) is 0.321. The molecule has 8 nitrogen and oxygen atoms in total. The zero-order valence-corrected chi connectivity index (χ0v) is 21.1. The minimum absolute atomic E-state index is 0.1000. The van der Waals surface area contributed by atoms with Crippen LogP contribution in [0.1, 0.15) is 53.6 Å². The molecule has 188 valence electrons. The lowest BCUT2D eigenvalue weighted by Crippen LogP contribution is -2.37. The molecule has 0 radical (unpaired) electrons. The maximum atomic E-state index is 13.8. The standard InChI is InChI=1S/C28H30N2O6/c1-6-36-18-9-7-17(8-10-18)30-23-15-28(2,3)16-24(31)20(23)14-21(27(30)33)26(32)29-22-12-11-19(34-4)13-25(22)35-5/h7-14H,6,15-16H2,1-5H3,(H,29,32). The van der Waals surface area contributed by atoms with Crippen molar-refractivity contribution in [2.75, 3.05) is 26.1 Å². The van der Waals surface area contributed by atoms with Crippen molar-refractivity contribution < 1.29 is 23.8 Å². The van der Waals surface area contributed by atoms with Crippen molar-refractivity contribution in [2.45, 2.75) is 33.6 Å². The second-order valence-electron chi connectivity index (χ2n) is 9.45. The number of benzene rings is 2. The number of fused-ring (bicyclic) bond motifs is 1. The molecule has 0 fully saturated rings. The third-order valence-electron chi connectivity index (χ3n) is 6.20. The van der Waals surface area contributed by atoms with Crippen LogP contribution in [0.25, 0.3) is 5.69 Å². The summed E-state index contributed by atoms with van der Waals surface area (Å²) < 4.78 is 17.6. The number of nitrogens with zero attached hydrogens (tertiary/aromatic N) is 1. The summed E-state index contributed by atoms with van der Waals surface area (Å²) in [6.07, 6.45) is 0.847. The number of nitrogens with one attached hydrogen (secondary N) is 1. The summed E-state index contributed by atoms with van der Waals surface area (Å²) >= 11 is 0. The summed E-state index contributed by atoms with van der Waals surface area (Å²) in [6, 6.07) is 13.4. The van der Waals surface area contributed by atoms with E-state index in [0.29, 0.717) is 59.3 Å². The Balaban J connectivity index is 1.84. The van der Waals surface area contributed by atoms with E-state index in [1.165, 1.54) is 24.9 Å². The van der Waals surface area contributed by atoms with Gasteiger partial charge in [-0.2, -0.15) is 0 Å². The summed E-state index contributed by atoms with van der Waals surface area (Å²) in [4.78, 5) is 40.3. The number of ether oxygens (including phenoxy) is 3. The molecule has 1 aromatic heterocycles. The molecule has 1 amide bonds. The van der Waals surface area contributed by atoms with Gasteiger partial charge in [0.2, 0.25) is 0 Å². The molecule has 1 heterocycles. The zero-order chi connectivity index (χ0) is 26.0. The number of hydrogen-bond acceptors (Lipinski definition) is 6. The average Bonchev–Trinajstić information content (AvgIpc) is 2.84. The molecule has 0 unspecified atom stereocenters. The number of aromatic nitrogens is 1. The molecule has 4 rings (SSSR count). The van der Waals surface area contributed by atoms with E-state index >= 15 is 0 Å². The van der Waals surface area contributed by atoms with E-state index in [9.17, 15) is 14.4 Å². The summed E-state index contributed by atoms with van der Waals surface area (Å²) in [5.74, 6) is 0.871. The Labute approximate surface area is 209 Å². The number of ketones is 1. The van der Waals surface area contributed by atoms with Gasteiger partial charge >= 0.3 is 0 Å². The summed E-state index contributed by atoms with van der Waals surface area (Å²) in [7, 11) is 3.00. The number of amides is 1. The predicted molar refractivity (Wildman–Crippen MR) is 137 cm³/mol. The third kappa shape index (κ3) is 4.84. The Morgan fingerprint density at radius 1 is 0.972 bits per heavy atom. The van der Waals surface area contributed by atoms with Gasteiger partial charge in [-0.25, -0.2) is 0 Å². The van der Waals surface area contributed by atoms with Gasteiger partial charge in [0.05, 0.1) is 26.5 Å². The first kappa shape index (κ1) is 25.0. The van der Waals surface area contributed by atoms with Crippen LogP contribution >= 0.6 is 0 Å². The first-order chi connectivity index (χ1) is 17.2. The number of hydrogen-bond donors (Lipinski definition) is 1. The first-order valence-corrected chi connectivity index (χ1v) is 11.8. The minimum atomic E-state index is -0.636. The molecule has 36 heavy (non-hydrogen) atoms. The number of carbonyl (C=O) groups excluding carboxylic acids is 2. The minimum Gasteiger partial charge on any atom is -0.497 e. The summed E-state index contributed by atoms with van der Waals surface area (Å²) in [5.41, 5.74) is 0.965. The van der Waals surface area contributed by atoms with Crippen LogP contribution in [0.5, 0.6) is 17.2 Å². The van der Waals surface area contributed by atoms with Crippen molar-refractivity contribution in [3.63, 3.8) is 0 Å². The average molecular weight is 491 g/mol. The molecule has 0 saturated carbocycles. The maximum Gasteiger partial charge on any atom is 0.268 e. The molecule has 1 N–H and O–H groups in total. The fourth-order valence-electron chi connectivity index (χ4n) is 4.50. The zero-order valence-electron chi connectivity index (χ0n) is 21.1. The Kier molecular flexibility index (Phi) is 6.88. The van der Waals surface area contributed by atoms with Gasteiger partial charge in [0.15, 0.2) is 5.78 Å². The van der Waals surface area contributed by atoms with Gasteiger partial charge in [0.25, 0.3) is 11.5 Å². The van der Waals surface area contributed by atoms with E-state index in [-0.39, 0.29) is 16.8 Å². The van der Waals surface area contributed by atoms with Crippen LogP contribution in [-0.2, 0) is 6.42 Å². The molecular formula is C28H30N2O6. The second kappa shape index (κ2) is 9.89. The molecule has 0 saturated heterocycles. The second-order valence-corrected chi connectivity index (χ2v) is 9.45. The molecule has 0 bridgehead atoms. The van der Waals surface area contributed by atoms with E-state index in [1.807, 2.05) is 20.8 Å². The summed E-state index contributed by atoms with van der Waals surface area (Å²) in [6.45, 7) is 6.40. The van der Waals surface area contributed by atoms with Crippen molar-refractivity contribution in [2.24, 2.45) is 5.41 Å². The summed E-state index contributed by atoms with van der Waals surface area (Å²) in [5, 5.41) is 2.75. The highest BCUT2D eigenvalue weighted by Crippen LogP contribution is 2.36. The van der Waals surface area contributed by atoms with Crippen molar-refractivity contribution >= 4 is 17.4 Å². The van der Waals surface area contributed by atoms with Crippen molar-refractivity contribution in [3.8, 4) is 22.9 Å². The van der Waals surface area contributed by atoms with Crippen LogP contribution in [0.2, 0.25) is 0 Å². The maximum absolute atomic E-state index is 13.8. The van der Waals surface area contributed by atoms with Crippen LogP contribution in [-0.4, -0.2) is 37.1 Å². The lowest BCUT2D eigenvalue weighted by atomic mass is 9.75. The van der Waals surface area contributed by atoms with Crippen molar-refractivity contribution in [3.05, 3.63) is 75.7 Å². The molecular weight excluding hydrogens is 460 g/mol. The normalized spacial score (nSPS) is 14.1. The Morgan fingerprint density at radius 3 is 2.31 bits per heavy atom. The van der Waals surface area contributed by atoms with Gasteiger partial charge in [-0.15, -0.1) is 0 Å². The van der Waals surface area contributed by atoms with Gasteiger partial charge in [0, 0.05) is 29.4 Å². The lowest BCUT2D eigenvalue weighted by Gasteiger charge is -2.32. The first-order valence-electron chi connectivity index (χ1n) is 11.8. The predicted octanol–water partition coefficient (Wildman–Crippen LogP) is 4.66. The molecule has 0 aliphatic heterocycles. The molecule has 8 heteroatoms. The quantitative estimate of drug-likeness (QED) is 0.518. The molecule has 0 atom stereocenters.